The number of rotatable bonds is 5. The van der Waals surface area contributed by atoms with Crippen LogP contribution in [0, 0.1) is 0 Å². The summed E-state index contributed by atoms with van der Waals surface area (Å²) in [5.41, 5.74) is 0. The number of thiocarbonyl (C=S) groups is 1. The standard InChI is InChI=1S/C7H14S3.H3N/c1-2-3-4-5-6-10-7(8)9;/h2-6H2,1H3,(H,8,9);1H3. The minimum Gasteiger partial charge on any atom is -0.344 e. The molecule has 0 aromatic carbocycles. The fraction of sp³-hybridized carbons (Fsp3) is 0.857. The third-order valence-electron chi connectivity index (χ3n) is 1.22. The Kier molecular flexibility index (Phi) is 14.0. The molecule has 0 aliphatic carbocycles. The van der Waals surface area contributed by atoms with Crippen molar-refractivity contribution in [3.63, 3.8) is 0 Å². The molecule has 3 N–H and O–H groups in total. The molecule has 0 atom stereocenters. The molecule has 0 aromatic rings. The lowest BCUT2D eigenvalue weighted by Gasteiger charge is -1.96. The van der Waals surface area contributed by atoms with Crippen molar-refractivity contribution < 1.29 is 0 Å². The van der Waals surface area contributed by atoms with Crippen molar-refractivity contribution in [2.75, 3.05) is 5.75 Å². The Labute approximate surface area is 84.7 Å². The molecule has 0 rings (SSSR count). The molecule has 0 bridgehead atoms. The van der Waals surface area contributed by atoms with Crippen molar-refractivity contribution in [3.05, 3.63) is 0 Å². The van der Waals surface area contributed by atoms with Gasteiger partial charge in [-0.25, -0.2) is 0 Å². The van der Waals surface area contributed by atoms with Gasteiger partial charge in [0, 0.05) is 0 Å². The van der Waals surface area contributed by atoms with Crippen molar-refractivity contribution in [1.29, 1.82) is 0 Å². The van der Waals surface area contributed by atoms with E-state index in [4.69, 9.17) is 12.2 Å². The molecule has 0 heterocycles. The van der Waals surface area contributed by atoms with E-state index in [1.807, 2.05) is 0 Å². The van der Waals surface area contributed by atoms with Crippen LogP contribution in [0.4, 0.5) is 0 Å². The molecule has 68 valence electrons. The van der Waals surface area contributed by atoms with E-state index < -0.39 is 0 Å². The van der Waals surface area contributed by atoms with Crippen LogP contribution in [0.3, 0.4) is 0 Å². The summed E-state index contributed by atoms with van der Waals surface area (Å²) in [6, 6.07) is 0. The van der Waals surface area contributed by atoms with Crippen LogP contribution in [0.5, 0.6) is 0 Å². The van der Waals surface area contributed by atoms with Crippen LogP contribution in [-0.4, -0.2) is 9.28 Å². The predicted octanol–water partition coefficient (Wildman–Crippen LogP) is 3.68. The molecule has 11 heavy (non-hydrogen) atoms. The minimum atomic E-state index is 0. The van der Waals surface area contributed by atoms with Crippen molar-refractivity contribution in [2.24, 2.45) is 0 Å². The molecule has 0 saturated carbocycles. The van der Waals surface area contributed by atoms with E-state index in [0.29, 0.717) is 0 Å². The van der Waals surface area contributed by atoms with Gasteiger partial charge >= 0.3 is 0 Å². The monoisotopic (exact) mass is 211 g/mol. The van der Waals surface area contributed by atoms with Crippen molar-refractivity contribution in [1.82, 2.24) is 6.15 Å². The zero-order chi connectivity index (χ0) is 7.82. The Hall–Kier alpha value is 0.750. The second-order valence-corrected chi connectivity index (χ2v) is 5.00. The van der Waals surface area contributed by atoms with Crippen LogP contribution in [0.2, 0.25) is 0 Å². The lowest BCUT2D eigenvalue weighted by Crippen LogP contribution is -1.82. The topological polar surface area (TPSA) is 35.0 Å². The first-order valence-corrected chi connectivity index (χ1v) is 5.47. The number of hydrogen-bond donors (Lipinski definition) is 2. The molecule has 0 amide bonds. The lowest BCUT2D eigenvalue weighted by molar-refractivity contribution is 0.707. The molecule has 0 fully saturated rings. The Bertz CT molecular complexity index is 95.7. The van der Waals surface area contributed by atoms with Crippen molar-refractivity contribution >= 4 is 40.1 Å². The third-order valence-corrected chi connectivity index (χ3v) is 2.70. The Morgan fingerprint density at radius 1 is 1.36 bits per heavy atom. The van der Waals surface area contributed by atoms with E-state index in [0.717, 1.165) is 9.28 Å². The molecule has 0 aliphatic rings. The van der Waals surface area contributed by atoms with Gasteiger partial charge in [0.05, 0.1) is 0 Å². The van der Waals surface area contributed by atoms with E-state index >= 15 is 0 Å². The van der Waals surface area contributed by atoms with E-state index in [-0.39, 0.29) is 6.15 Å². The zero-order valence-electron chi connectivity index (χ0n) is 7.01. The molecule has 0 aliphatic heterocycles. The minimum absolute atomic E-state index is 0. The normalized spacial score (nSPS) is 8.91. The average molecular weight is 211 g/mol. The molecule has 0 aromatic heterocycles. The van der Waals surface area contributed by atoms with Crippen molar-refractivity contribution in [2.45, 2.75) is 32.6 Å². The van der Waals surface area contributed by atoms with Gasteiger partial charge in [0.1, 0.15) is 3.53 Å². The van der Waals surface area contributed by atoms with Crippen LogP contribution in [-0.2, 0) is 0 Å². The molecule has 0 radical (unpaired) electrons. The summed E-state index contributed by atoms with van der Waals surface area (Å²) >= 11 is 10.5. The number of thiol groups is 1. The Morgan fingerprint density at radius 3 is 2.45 bits per heavy atom. The predicted molar refractivity (Wildman–Crippen MR) is 63.2 cm³/mol. The van der Waals surface area contributed by atoms with Crippen LogP contribution >= 0.6 is 36.6 Å². The van der Waals surface area contributed by atoms with Crippen LogP contribution in [0.1, 0.15) is 32.6 Å². The van der Waals surface area contributed by atoms with Gasteiger partial charge in [0.25, 0.3) is 0 Å². The highest BCUT2D eigenvalue weighted by molar-refractivity contribution is 8.41. The number of hydrogen-bond acceptors (Lipinski definition) is 3. The highest BCUT2D eigenvalue weighted by Gasteiger charge is 1.90. The third kappa shape index (κ3) is 13.7. The van der Waals surface area contributed by atoms with Gasteiger partial charge < -0.3 is 6.15 Å². The van der Waals surface area contributed by atoms with Gasteiger partial charge in [-0.2, -0.15) is 0 Å². The van der Waals surface area contributed by atoms with Crippen LogP contribution < -0.4 is 6.15 Å². The first-order valence-electron chi connectivity index (χ1n) is 3.63. The molecular weight excluding hydrogens is 194 g/mol. The maximum Gasteiger partial charge on any atom is 0.101 e. The summed E-state index contributed by atoms with van der Waals surface area (Å²) < 4.78 is 0.775. The Balaban J connectivity index is 0. The van der Waals surface area contributed by atoms with E-state index in [1.165, 1.54) is 25.7 Å². The Morgan fingerprint density at radius 2 is 2.00 bits per heavy atom. The molecule has 4 heteroatoms. The van der Waals surface area contributed by atoms with Gasteiger partial charge in [-0.15, -0.1) is 24.4 Å². The highest BCUT2D eigenvalue weighted by Crippen LogP contribution is 2.11. The van der Waals surface area contributed by atoms with Gasteiger partial charge in [0.15, 0.2) is 0 Å². The lowest BCUT2D eigenvalue weighted by atomic mass is 10.2. The summed E-state index contributed by atoms with van der Waals surface area (Å²) in [4.78, 5) is 0. The zero-order valence-corrected chi connectivity index (χ0v) is 9.53. The molecule has 1 nitrogen and oxygen atoms in total. The van der Waals surface area contributed by atoms with E-state index in [1.54, 1.807) is 11.8 Å². The largest absolute Gasteiger partial charge is 0.344 e. The highest BCUT2D eigenvalue weighted by atomic mass is 32.2. The maximum absolute atomic E-state index is 4.80. The quantitative estimate of drug-likeness (QED) is 0.414. The summed E-state index contributed by atoms with van der Waals surface area (Å²) in [5, 5.41) is 0. The van der Waals surface area contributed by atoms with Gasteiger partial charge in [0.2, 0.25) is 0 Å². The molecule has 0 spiro atoms. The second kappa shape index (κ2) is 10.8. The van der Waals surface area contributed by atoms with Gasteiger partial charge in [-0.1, -0.05) is 38.4 Å². The van der Waals surface area contributed by atoms with Gasteiger partial charge in [-0.05, 0) is 12.2 Å². The number of unbranched alkanes of at least 4 members (excludes halogenated alkanes) is 3. The second-order valence-electron chi connectivity index (χ2n) is 2.18. The summed E-state index contributed by atoms with van der Waals surface area (Å²) in [6.45, 7) is 2.22. The molecule has 0 unspecified atom stereocenters. The fourth-order valence-electron chi connectivity index (χ4n) is 0.688. The molecular formula is C7H17NS3. The summed E-state index contributed by atoms with van der Waals surface area (Å²) in [7, 11) is 0. The van der Waals surface area contributed by atoms with E-state index in [2.05, 4.69) is 19.6 Å². The molecule has 0 saturated heterocycles. The maximum atomic E-state index is 4.80. The van der Waals surface area contributed by atoms with Crippen LogP contribution in [0.25, 0.3) is 0 Å². The fourth-order valence-corrected chi connectivity index (χ4v) is 1.74. The number of thioether (sulfide) groups is 1. The van der Waals surface area contributed by atoms with Crippen molar-refractivity contribution in [3.8, 4) is 0 Å². The van der Waals surface area contributed by atoms with Crippen LogP contribution in [0.15, 0.2) is 0 Å². The first kappa shape index (κ1) is 14.3. The summed E-state index contributed by atoms with van der Waals surface area (Å²) in [6.07, 6.45) is 5.26. The van der Waals surface area contributed by atoms with E-state index in [9.17, 15) is 0 Å². The van der Waals surface area contributed by atoms with Gasteiger partial charge in [-0.3, -0.25) is 0 Å². The first-order chi connectivity index (χ1) is 4.77. The SMILES string of the molecule is CCCCCCSC(=S)S.N. The summed E-state index contributed by atoms with van der Waals surface area (Å²) in [5.74, 6) is 1.14. The average Bonchev–Trinajstić information content (AvgIpc) is 1.87. The smallest absolute Gasteiger partial charge is 0.101 e.